The summed E-state index contributed by atoms with van der Waals surface area (Å²) in [5.41, 5.74) is 9.30. The lowest BCUT2D eigenvalue weighted by atomic mass is 9.97. The number of piperidine rings is 1. The van der Waals surface area contributed by atoms with E-state index in [1.54, 1.807) is 12.4 Å². The zero-order valence-corrected chi connectivity index (χ0v) is 15.8. The molecule has 1 saturated heterocycles. The van der Waals surface area contributed by atoms with E-state index >= 15 is 0 Å². The molecule has 0 atom stereocenters. The lowest BCUT2D eigenvalue weighted by Crippen LogP contribution is -2.35. The van der Waals surface area contributed by atoms with Gasteiger partial charge in [-0.2, -0.15) is 0 Å². The monoisotopic (exact) mass is 375 g/mol. The Hall–Kier alpha value is -2.83. The Morgan fingerprint density at radius 1 is 1.04 bits per heavy atom. The molecule has 3 heterocycles. The summed E-state index contributed by atoms with van der Waals surface area (Å²) in [5.74, 6) is 1.25. The van der Waals surface area contributed by atoms with E-state index in [9.17, 15) is 4.79 Å². The number of aromatic amines is 1. The molecular formula is C22H25N5O. The number of H-pyrrole nitrogens is 1. The Morgan fingerprint density at radius 3 is 2.43 bits per heavy atom. The van der Waals surface area contributed by atoms with Gasteiger partial charge in [-0.3, -0.25) is 14.7 Å². The van der Waals surface area contributed by atoms with Crippen molar-refractivity contribution >= 4 is 0 Å². The first-order chi connectivity index (χ1) is 13.7. The summed E-state index contributed by atoms with van der Waals surface area (Å²) in [6.07, 6.45) is 5.76. The summed E-state index contributed by atoms with van der Waals surface area (Å²) >= 11 is 0. The van der Waals surface area contributed by atoms with Gasteiger partial charge in [0.1, 0.15) is 5.82 Å². The summed E-state index contributed by atoms with van der Waals surface area (Å²) in [7, 11) is 0. The molecule has 6 nitrogen and oxygen atoms in total. The maximum Gasteiger partial charge on any atom is 0.251 e. The average Bonchev–Trinajstić information content (AvgIpc) is 2.75. The van der Waals surface area contributed by atoms with Gasteiger partial charge in [-0.15, -0.1) is 0 Å². The normalized spacial score (nSPS) is 15.6. The van der Waals surface area contributed by atoms with Crippen LogP contribution < -0.4 is 11.3 Å². The van der Waals surface area contributed by atoms with Crippen LogP contribution in [-0.2, 0) is 6.54 Å². The number of rotatable bonds is 5. The number of likely N-dealkylation sites (tertiary alicyclic amines) is 1. The third-order valence-corrected chi connectivity index (χ3v) is 5.39. The summed E-state index contributed by atoms with van der Waals surface area (Å²) in [6, 6.07) is 13.5. The highest BCUT2D eigenvalue weighted by molar-refractivity contribution is 5.63. The van der Waals surface area contributed by atoms with Crippen molar-refractivity contribution in [2.75, 3.05) is 19.6 Å². The number of pyridine rings is 1. The predicted molar refractivity (Wildman–Crippen MR) is 111 cm³/mol. The van der Waals surface area contributed by atoms with Gasteiger partial charge in [0, 0.05) is 36.1 Å². The van der Waals surface area contributed by atoms with Crippen LogP contribution in [0.3, 0.4) is 0 Å². The van der Waals surface area contributed by atoms with Gasteiger partial charge in [0.2, 0.25) is 0 Å². The van der Waals surface area contributed by atoms with E-state index in [-0.39, 0.29) is 5.56 Å². The van der Waals surface area contributed by atoms with Gasteiger partial charge in [-0.1, -0.05) is 24.3 Å². The molecule has 1 aliphatic heterocycles. The lowest BCUT2D eigenvalue weighted by molar-refractivity contribution is 0.180. The third kappa shape index (κ3) is 4.35. The number of nitrogens with zero attached hydrogens (tertiary/aromatic N) is 3. The molecule has 0 spiro atoms. The highest BCUT2D eigenvalue weighted by Crippen LogP contribution is 2.21. The van der Waals surface area contributed by atoms with Crippen molar-refractivity contribution in [2.24, 2.45) is 11.7 Å². The molecule has 0 bridgehead atoms. The van der Waals surface area contributed by atoms with Crippen molar-refractivity contribution in [3.63, 3.8) is 0 Å². The van der Waals surface area contributed by atoms with Crippen LogP contribution in [0.2, 0.25) is 0 Å². The highest BCUT2D eigenvalue weighted by Gasteiger charge is 2.18. The first-order valence-electron chi connectivity index (χ1n) is 9.75. The number of nitrogens with one attached hydrogen (secondary N) is 1. The highest BCUT2D eigenvalue weighted by atomic mass is 16.1. The van der Waals surface area contributed by atoms with Gasteiger partial charge >= 0.3 is 0 Å². The van der Waals surface area contributed by atoms with Crippen molar-refractivity contribution in [3.8, 4) is 22.6 Å². The molecule has 0 aliphatic carbocycles. The van der Waals surface area contributed by atoms with Crippen LogP contribution in [-0.4, -0.2) is 39.5 Å². The predicted octanol–water partition coefficient (Wildman–Crippen LogP) is 2.67. The van der Waals surface area contributed by atoms with Crippen LogP contribution in [0.4, 0.5) is 0 Å². The second kappa shape index (κ2) is 8.46. The van der Waals surface area contributed by atoms with Crippen molar-refractivity contribution < 1.29 is 0 Å². The zero-order chi connectivity index (χ0) is 19.3. The van der Waals surface area contributed by atoms with Crippen molar-refractivity contribution in [1.29, 1.82) is 0 Å². The van der Waals surface area contributed by atoms with Crippen molar-refractivity contribution in [2.45, 2.75) is 19.4 Å². The molecule has 3 N–H and O–H groups in total. The smallest absolute Gasteiger partial charge is 0.251 e. The van der Waals surface area contributed by atoms with Gasteiger partial charge < -0.3 is 10.7 Å². The van der Waals surface area contributed by atoms with Gasteiger partial charge in [-0.25, -0.2) is 4.98 Å². The topological polar surface area (TPSA) is 87.9 Å². The van der Waals surface area contributed by atoms with Crippen molar-refractivity contribution in [1.82, 2.24) is 19.9 Å². The SMILES string of the molecule is NCC1CCN(Cc2ccc(-c3nc(-c4ccncc4)cc(=O)[nH]3)cc2)CC1. The largest absolute Gasteiger partial charge is 0.330 e. The maximum absolute atomic E-state index is 12.1. The molecule has 6 heteroatoms. The van der Waals surface area contributed by atoms with E-state index in [0.717, 1.165) is 37.3 Å². The van der Waals surface area contributed by atoms with Crippen molar-refractivity contribution in [3.05, 3.63) is 70.8 Å². The van der Waals surface area contributed by atoms with Gasteiger partial charge in [0.05, 0.1) is 5.69 Å². The molecule has 0 amide bonds. The first-order valence-corrected chi connectivity index (χ1v) is 9.75. The second-order valence-corrected chi connectivity index (χ2v) is 7.37. The summed E-state index contributed by atoms with van der Waals surface area (Å²) in [6.45, 7) is 3.95. The minimum Gasteiger partial charge on any atom is -0.330 e. The fourth-order valence-electron chi connectivity index (χ4n) is 3.67. The molecule has 4 rings (SSSR count). The lowest BCUT2D eigenvalue weighted by Gasteiger charge is -2.31. The van der Waals surface area contributed by atoms with Crippen LogP contribution in [0, 0.1) is 5.92 Å². The molecule has 0 saturated carbocycles. The number of nitrogens with two attached hydrogens (primary N) is 1. The van der Waals surface area contributed by atoms with E-state index in [1.165, 1.54) is 24.5 Å². The standard InChI is InChI=1S/C22H25N5O/c23-14-16-7-11-27(12-8-16)15-17-1-3-19(4-2-17)22-25-20(13-21(28)26-22)18-5-9-24-10-6-18/h1-6,9-10,13,16H,7-8,11-12,14-15,23H2,(H,25,26,28). The summed E-state index contributed by atoms with van der Waals surface area (Å²) in [4.78, 5) is 26.1. The van der Waals surface area contributed by atoms with E-state index < -0.39 is 0 Å². The minimum absolute atomic E-state index is 0.163. The van der Waals surface area contributed by atoms with Crippen LogP contribution >= 0.6 is 0 Å². The molecule has 2 aromatic heterocycles. The molecular weight excluding hydrogens is 350 g/mol. The fourth-order valence-corrected chi connectivity index (χ4v) is 3.67. The Morgan fingerprint density at radius 2 is 1.75 bits per heavy atom. The molecule has 28 heavy (non-hydrogen) atoms. The van der Waals surface area contributed by atoms with Crippen LogP contribution in [0.5, 0.6) is 0 Å². The first kappa shape index (κ1) is 18.5. The summed E-state index contributed by atoms with van der Waals surface area (Å²) < 4.78 is 0. The van der Waals surface area contributed by atoms with Gasteiger partial charge in [-0.05, 0) is 56.1 Å². The van der Waals surface area contributed by atoms with Crippen LogP contribution in [0.15, 0.2) is 59.7 Å². The van der Waals surface area contributed by atoms with Crippen LogP contribution in [0.25, 0.3) is 22.6 Å². The molecule has 144 valence electrons. The fraction of sp³-hybridized carbons (Fsp3) is 0.318. The summed E-state index contributed by atoms with van der Waals surface area (Å²) in [5, 5.41) is 0. The number of hydrogen-bond donors (Lipinski definition) is 2. The molecule has 0 radical (unpaired) electrons. The molecule has 1 aromatic carbocycles. The van der Waals surface area contributed by atoms with E-state index in [0.29, 0.717) is 17.4 Å². The Labute approximate surface area is 164 Å². The molecule has 1 aliphatic rings. The Kier molecular flexibility index (Phi) is 5.60. The van der Waals surface area contributed by atoms with Gasteiger partial charge in [0.25, 0.3) is 5.56 Å². The number of aromatic nitrogens is 3. The molecule has 1 fully saturated rings. The van der Waals surface area contributed by atoms with E-state index in [4.69, 9.17) is 5.73 Å². The number of benzene rings is 1. The average molecular weight is 375 g/mol. The Balaban J connectivity index is 1.50. The van der Waals surface area contributed by atoms with Gasteiger partial charge in [0.15, 0.2) is 0 Å². The molecule has 0 unspecified atom stereocenters. The minimum atomic E-state index is -0.163. The van der Waals surface area contributed by atoms with E-state index in [1.807, 2.05) is 24.3 Å². The Bertz CT molecular complexity index is 960. The zero-order valence-electron chi connectivity index (χ0n) is 15.8. The second-order valence-electron chi connectivity index (χ2n) is 7.37. The molecule has 3 aromatic rings. The van der Waals surface area contributed by atoms with E-state index in [2.05, 4.69) is 32.0 Å². The maximum atomic E-state index is 12.1. The third-order valence-electron chi connectivity index (χ3n) is 5.39. The number of hydrogen-bond acceptors (Lipinski definition) is 5. The quantitative estimate of drug-likeness (QED) is 0.716. The van der Waals surface area contributed by atoms with Crippen LogP contribution in [0.1, 0.15) is 18.4 Å².